The lowest BCUT2D eigenvalue weighted by Gasteiger charge is -2.13. The molecule has 1 saturated heterocycles. The molecule has 1 fully saturated rings. The summed E-state index contributed by atoms with van der Waals surface area (Å²) in [7, 11) is 0. The van der Waals surface area contributed by atoms with Crippen LogP contribution >= 0.6 is 27.5 Å². The van der Waals surface area contributed by atoms with Crippen LogP contribution < -0.4 is 5.32 Å². The number of hydrogen-bond acceptors (Lipinski definition) is 3. The van der Waals surface area contributed by atoms with Gasteiger partial charge < -0.3 is 10.1 Å². The Morgan fingerprint density at radius 1 is 1.58 bits per heavy atom. The molecule has 19 heavy (non-hydrogen) atoms. The maximum Gasteiger partial charge on any atom is 0.377 e. The molecule has 1 aromatic rings. The van der Waals surface area contributed by atoms with Crippen LogP contribution in [0.4, 0.5) is 14.5 Å². The lowest BCUT2D eigenvalue weighted by atomic mass is 10.2. The van der Waals surface area contributed by atoms with Crippen molar-refractivity contribution >= 4 is 39.2 Å². The molecule has 0 saturated carbocycles. The van der Waals surface area contributed by atoms with E-state index in [-0.39, 0.29) is 6.54 Å². The van der Waals surface area contributed by atoms with E-state index in [1.807, 2.05) is 13.0 Å². The Hall–Kier alpha value is -0.880. The molecule has 1 heterocycles. The molecular formula is C12H11BrClF2NO2. The maximum absolute atomic E-state index is 13.0. The number of benzene rings is 1. The predicted molar refractivity (Wildman–Crippen MR) is 71.8 cm³/mol. The zero-order valence-corrected chi connectivity index (χ0v) is 12.3. The number of ether oxygens (including phenoxy) is 1. The largest absolute Gasteiger partial charge is 0.456 e. The third kappa shape index (κ3) is 3.17. The van der Waals surface area contributed by atoms with Crippen molar-refractivity contribution in [3.05, 3.63) is 27.2 Å². The summed E-state index contributed by atoms with van der Waals surface area (Å²) in [5.41, 5.74) is 1.57. The summed E-state index contributed by atoms with van der Waals surface area (Å²) in [4.78, 5) is 10.9. The fourth-order valence-electron chi connectivity index (χ4n) is 1.77. The summed E-state index contributed by atoms with van der Waals surface area (Å²) < 4.78 is 31.3. The van der Waals surface area contributed by atoms with E-state index in [0.29, 0.717) is 10.7 Å². The van der Waals surface area contributed by atoms with E-state index in [0.717, 1.165) is 10.0 Å². The zero-order chi connectivity index (χ0) is 14.2. The van der Waals surface area contributed by atoms with E-state index >= 15 is 0 Å². The molecular weight excluding hydrogens is 343 g/mol. The summed E-state index contributed by atoms with van der Waals surface area (Å²) in [6.45, 7) is 1.97. The van der Waals surface area contributed by atoms with Crippen LogP contribution in [-0.2, 0) is 9.53 Å². The molecule has 0 aliphatic carbocycles. The summed E-state index contributed by atoms with van der Waals surface area (Å²) in [5.74, 6) is -4.84. The van der Waals surface area contributed by atoms with Crippen LogP contribution in [0.15, 0.2) is 16.6 Å². The standard InChI is InChI=1S/C12H11BrClF2NO2/c1-6-2-8(13)10(3-9(6)14)17-5-7-4-12(15,16)11(18)19-7/h2-3,7,17H,4-5H2,1H3. The summed E-state index contributed by atoms with van der Waals surface area (Å²) in [6, 6.07) is 3.51. The highest BCUT2D eigenvalue weighted by Gasteiger charge is 2.50. The molecule has 1 unspecified atom stereocenters. The Morgan fingerprint density at radius 2 is 2.26 bits per heavy atom. The SMILES string of the molecule is Cc1cc(Br)c(NCC2CC(F)(F)C(=O)O2)cc1Cl. The molecule has 1 aliphatic rings. The van der Waals surface area contributed by atoms with Gasteiger partial charge in [0.15, 0.2) is 0 Å². The van der Waals surface area contributed by atoms with Gasteiger partial charge in [-0.15, -0.1) is 0 Å². The average molecular weight is 355 g/mol. The summed E-state index contributed by atoms with van der Waals surface area (Å²) in [6.07, 6.45) is -1.44. The second-order valence-corrected chi connectivity index (χ2v) is 5.66. The minimum Gasteiger partial charge on any atom is -0.456 e. The minimum atomic E-state index is -3.38. The Morgan fingerprint density at radius 3 is 2.84 bits per heavy atom. The molecule has 2 rings (SSSR count). The van der Waals surface area contributed by atoms with Crippen molar-refractivity contribution in [3.8, 4) is 0 Å². The van der Waals surface area contributed by atoms with Crippen molar-refractivity contribution < 1.29 is 18.3 Å². The van der Waals surface area contributed by atoms with E-state index in [4.69, 9.17) is 11.6 Å². The number of hydrogen-bond donors (Lipinski definition) is 1. The number of carbonyl (C=O) groups is 1. The first kappa shape index (κ1) is 14.5. The number of aryl methyl sites for hydroxylation is 1. The van der Waals surface area contributed by atoms with Crippen molar-refractivity contribution in [1.82, 2.24) is 0 Å². The zero-order valence-electron chi connectivity index (χ0n) is 9.97. The van der Waals surface area contributed by atoms with Gasteiger partial charge in [0.1, 0.15) is 6.10 Å². The summed E-state index contributed by atoms with van der Waals surface area (Å²) >= 11 is 9.33. The van der Waals surface area contributed by atoms with E-state index < -0.39 is 24.4 Å². The number of rotatable bonds is 3. The van der Waals surface area contributed by atoms with Gasteiger partial charge in [-0.1, -0.05) is 11.6 Å². The van der Waals surface area contributed by atoms with Crippen LogP contribution in [0.25, 0.3) is 0 Å². The highest BCUT2D eigenvalue weighted by molar-refractivity contribution is 9.10. The molecule has 1 N–H and O–H groups in total. The topological polar surface area (TPSA) is 38.3 Å². The third-order valence-corrected chi connectivity index (χ3v) is 3.89. The Bertz CT molecular complexity index is 525. The molecule has 1 atom stereocenters. The van der Waals surface area contributed by atoms with Crippen LogP contribution in [0.2, 0.25) is 5.02 Å². The second-order valence-electron chi connectivity index (χ2n) is 4.40. The number of cyclic esters (lactones) is 1. The number of carbonyl (C=O) groups excluding carboxylic acids is 1. The molecule has 7 heteroatoms. The predicted octanol–water partition coefficient (Wildman–Crippen LogP) is 3.77. The van der Waals surface area contributed by atoms with E-state index in [2.05, 4.69) is 26.0 Å². The number of esters is 1. The number of alkyl halides is 2. The fourth-order valence-corrected chi connectivity index (χ4v) is 2.53. The van der Waals surface area contributed by atoms with Crippen LogP contribution in [0.5, 0.6) is 0 Å². The van der Waals surface area contributed by atoms with Gasteiger partial charge in [-0.05, 0) is 40.5 Å². The minimum absolute atomic E-state index is 0.110. The molecule has 104 valence electrons. The van der Waals surface area contributed by atoms with Gasteiger partial charge in [-0.25, -0.2) is 4.79 Å². The first-order valence-corrected chi connectivity index (χ1v) is 6.75. The highest BCUT2D eigenvalue weighted by Crippen LogP contribution is 2.32. The van der Waals surface area contributed by atoms with Crippen LogP contribution in [0.3, 0.4) is 0 Å². The first-order valence-electron chi connectivity index (χ1n) is 5.58. The van der Waals surface area contributed by atoms with Gasteiger partial charge >= 0.3 is 11.9 Å². The molecule has 1 aliphatic heterocycles. The molecule has 3 nitrogen and oxygen atoms in total. The van der Waals surface area contributed by atoms with Crippen LogP contribution in [0, 0.1) is 6.92 Å². The van der Waals surface area contributed by atoms with Crippen molar-refractivity contribution in [1.29, 1.82) is 0 Å². The van der Waals surface area contributed by atoms with Crippen molar-refractivity contribution in [2.24, 2.45) is 0 Å². The van der Waals surface area contributed by atoms with Crippen molar-refractivity contribution in [3.63, 3.8) is 0 Å². The third-order valence-electron chi connectivity index (χ3n) is 2.82. The Balaban J connectivity index is 2.01. The van der Waals surface area contributed by atoms with E-state index in [1.165, 1.54) is 0 Å². The smallest absolute Gasteiger partial charge is 0.377 e. The van der Waals surface area contributed by atoms with Gasteiger partial charge in [-0.3, -0.25) is 0 Å². The fraction of sp³-hybridized carbons (Fsp3) is 0.417. The second kappa shape index (κ2) is 5.25. The molecule has 0 radical (unpaired) electrons. The first-order chi connectivity index (χ1) is 8.79. The highest BCUT2D eigenvalue weighted by atomic mass is 79.9. The molecule has 0 spiro atoms. The molecule has 0 aromatic heterocycles. The van der Waals surface area contributed by atoms with Crippen molar-refractivity contribution in [2.75, 3.05) is 11.9 Å². The normalized spacial score (nSPS) is 21.3. The van der Waals surface area contributed by atoms with Gasteiger partial charge in [0, 0.05) is 9.50 Å². The van der Waals surface area contributed by atoms with Crippen molar-refractivity contribution in [2.45, 2.75) is 25.4 Å². The van der Waals surface area contributed by atoms with Crippen LogP contribution in [0.1, 0.15) is 12.0 Å². The van der Waals surface area contributed by atoms with Gasteiger partial charge in [0.2, 0.25) is 0 Å². The molecule has 0 bridgehead atoms. The lowest BCUT2D eigenvalue weighted by molar-refractivity contribution is -0.158. The molecule has 1 aromatic carbocycles. The van der Waals surface area contributed by atoms with Crippen LogP contribution in [-0.4, -0.2) is 24.5 Å². The van der Waals surface area contributed by atoms with Gasteiger partial charge in [-0.2, -0.15) is 8.78 Å². The van der Waals surface area contributed by atoms with Gasteiger partial charge in [0.25, 0.3) is 0 Å². The lowest BCUT2D eigenvalue weighted by Crippen LogP contribution is -2.22. The summed E-state index contributed by atoms with van der Waals surface area (Å²) in [5, 5.41) is 3.51. The average Bonchev–Trinajstić information content (AvgIpc) is 2.56. The monoisotopic (exact) mass is 353 g/mol. The van der Waals surface area contributed by atoms with Gasteiger partial charge in [0.05, 0.1) is 18.7 Å². The number of nitrogens with one attached hydrogen (secondary N) is 1. The Kier molecular flexibility index (Phi) is 4.01. The van der Waals surface area contributed by atoms with E-state index in [1.54, 1.807) is 6.07 Å². The maximum atomic E-state index is 13.0. The number of halogens is 4. The Labute approximate surface area is 122 Å². The molecule has 0 amide bonds. The quantitative estimate of drug-likeness (QED) is 0.840. The van der Waals surface area contributed by atoms with E-state index in [9.17, 15) is 13.6 Å². The number of anilines is 1.